The summed E-state index contributed by atoms with van der Waals surface area (Å²) in [5.41, 5.74) is 1.24. The van der Waals surface area contributed by atoms with Crippen LogP contribution in [0.15, 0.2) is 40.6 Å². The summed E-state index contributed by atoms with van der Waals surface area (Å²) in [5.74, 6) is -0.874. The Morgan fingerprint density at radius 1 is 1.14 bits per heavy atom. The largest absolute Gasteiger partial charge is 0.347 e. The van der Waals surface area contributed by atoms with E-state index in [4.69, 9.17) is 21.1 Å². The van der Waals surface area contributed by atoms with Gasteiger partial charge >= 0.3 is 0 Å². The van der Waals surface area contributed by atoms with Crippen LogP contribution in [-0.2, 0) is 9.47 Å². The van der Waals surface area contributed by atoms with Gasteiger partial charge in [0.1, 0.15) is 5.56 Å². The highest BCUT2D eigenvalue weighted by molar-refractivity contribution is 7.15. The van der Waals surface area contributed by atoms with E-state index in [0.29, 0.717) is 54.8 Å². The zero-order chi connectivity index (χ0) is 20.0. The zero-order valence-corrected chi connectivity index (χ0v) is 17.0. The SMILES string of the molecule is O=C(c1cnc2scc(-c3ccc(Cl)cc3)n2c1=O)N1CCC2(CC1)OCCO2. The summed E-state index contributed by atoms with van der Waals surface area (Å²) in [4.78, 5) is 32.8. The van der Waals surface area contributed by atoms with Gasteiger partial charge in [-0.25, -0.2) is 4.98 Å². The Labute approximate surface area is 175 Å². The van der Waals surface area contributed by atoms with Crippen LogP contribution >= 0.6 is 22.9 Å². The summed E-state index contributed by atoms with van der Waals surface area (Å²) in [5, 5.41) is 2.48. The van der Waals surface area contributed by atoms with Gasteiger partial charge in [0.2, 0.25) is 0 Å². The third-order valence-corrected chi connectivity index (χ3v) is 6.53. The van der Waals surface area contributed by atoms with Crippen LogP contribution in [0.4, 0.5) is 0 Å². The molecule has 4 heterocycles. The summed E-state index contributed by atoms with van der Waals surface area (Å²) in [6, 6.07) is 7.22. The van der Waals surface area contributed by atoms with Crippen molar-refractivity contribution >= 4 is 33.8 Å². The summed E-state index contributed by atoms with van der Waals surface area (Å²) in [7, 11) is 0. The molecule has 0 bridgehead atoms. The fraction of sp³-hybridized carbons (Fsp3) is 0.350. The maximum absolute atomic E-state index is 13.2. The second-order valence-electron chi connectivity index (χ2n) is 7.12. The number of likely N-dealkylation sites (tertiary alicyclic amines) is 1. The van der Waals surface area contributed by atoms with Crippen LogP contribution in [0.25, 0.3) is 16.2 Å². The van der Waals surface area contributed by atoms with Crippen molar-refractivity contribution in [2.75, 3.05) is 26.3 Å². The number of thiazole rings is 1. The van der Waals surface area contributed by atoms with Crippen molar-refractivity contribution in [2.45, 2.75) is 18.6 Å². The molecule has 0 unspecified atom stereocenters. The lowest BCUT2D eigenvalue weighted by molar-refractivity contribution is -0.181. The number of nitrogens with zero attached hydrogens (tertiary/aromatic N) is 3. The number of piperidine rings is 1. The molecule has 0 N–H and O–H groups in total. The Morgan fingerprint density at radius 3 is 2.52 bits per heavy atom. The van der Waals surface area contributed by atoms with E-state index in [0.717, 1.165) is 5.56 Å². The average Bonchev–Trinajstić information content (AvgIpc) is 3.37. The van der Waals surface area contributed by atoms with E-state index in [1.54, 1.807) is 17.0 Å². The number of carbonyl (C=O) groups excluding carboxylic acids is 1. The molecule has 3 aromatic rings. The van der Waals surface area contributed by atoms with E-state index in [9.17, 15) is 9.59 Å². The smallest absolute Gasteiger partial charge is 0.271 e. The number of carbonyl (C=O) groups is 1. The molecule has 1 aromatic carbocycles. The van der Waals surface area contributed by atoms with Gasteiger partial charge in [-0.15, -0.1) is 11.3 Å². The molecule has 0 saturated carbocycles. The van der Waals surface area contributed by atoms with Crippen LogP contribution < -0.4 is 5.56 Å². The number of ether oxygens (including phenoxy) is 2. The quantitative estimate of drug-likeness (QED) is 0.623. The average molecular weight is 432 g/mol. The van der Waals surface area contributed by atoms with Crippen molar-refractivity contribution in [1.29, 1.82) is 0 Å². The van der Waals surface area contributed by atoms with Crippen LogP contribution in [0, 0.1) is 0 Å². The highest BCUT2D eigenvalue weighted by Gasteiger charge is 2.41. The minimum atomic E-state index is -0.566. The van der Waals surface area contributed by atoms with E-state index in [2.05, 4.69) is 4.98 Å². The first-order valence-corrected chi connectivity index (χ1v) is 10.6. The molecule has 150 valence electrons. The van der Waals surface area contributed by atoms with Gasteiger partial charge in [-0.2, -0.15) is 0 Å². The monoisotopic (exact) mass is 431 g/mol. The van der Waals surface area contributed by atoms with Crippen LogP contribution in [-0.4, -0.2) is 52.3 Å². The van der Waals surface area contributed by atoms with Gasteiger partial charge < -0.3 is 14.4 Å². The predicted molar refractivity (Wildman–Crippen MR) is 110 cm³/mol. The Hall–Kier alpha value is -2.26. The van der Waals surface area contributed by atoms with Crippen molar-refractivity contribution in [3.8, 4) is 11.3 Å². The number of hydrogen-bond donors (Lipinski definition) is 0. The van der Waals surface area contributed by atoms with Gasteiger partial charge in [0.05, 0.1) is 18.9 Å². The Bertz CT molecular complexity index is 1120. The van der Waals surface area contributed by atoms with E-state index in [1.165, 1.54) is 21.9 Å². The molecule has 2 saturated heterocycles. The van der Waals surface area contributed by atoms with Crippen LogP contribution in [0.1, 0.15) is 23.2 Å². The second kappa shape index (κ2) is 7.21. The molecule has 2 aliphatic heterocycles. The molecule has 0 atom stereocenters. The molecule has 0 aliphatic carbocycles. The van der Waals surface area contributed by atoms with Gasteiger partial charge in [-0.3, -0.25) is 14.0 Å². The summed E-state index contributed by atoms with van der Waals surface area (Å²) >= 11 is 7.33. The van der Waals surface area contributed by atoms with Crippen LogP contribution in [0.2, 0.25) is 5.02 Å². The number of aromatic nitrogens is 2. The lowest BCUT2D eigenvalue weighted by Crippen LogP contribution is -2.48. The third-order valence-electron chi connectivity index (χ3n) is 5.44. The highest BCUT2D eigenvalue weighted by atomic mass is 35.5. The predicted octanol–water partition coefficient (Wildman–Crippen LogP) is 3.06. The van der Waals surface area contributed by atoms with Gasteiger partial charge in [-0.1, -0.05) is 23.7 Å². The van der Waals surface area contributed by atoms with Gasteiger partial charge in [0, 0.05) is 42.5 Å². The molecule has 29 heavy (non-hydrogen) atoms. The molecule has 9 heteroatoms. The molecule has 0 radical (unpaired) electrons. The molecular weight excluding hydrogens is 414 g/mol. The molecule has 1 spiro atoms. The molecule has 5 rings (SSSR count). The minimum Gasteiger partial charge on any atom is -0.347 e. The number of hydrogen-bond acceptors (Lipinski definition) is 6. The fourth-order valence-corrected chi connectivity index (χ4v) is 4.85. The second-order valence-corrected chi connectivity index (χ2v) is 8.40. The first kappa shape index (κ1) is 18.7. The minimum absolute atomic E-state index is 0.0697. The van der Waals surface area contributed by atoms with Crippen molar-refractivity contribution < 1.29 is 14.3 Å². The van der Waals surface area contributed by atoms with E-state index in [1.807, 2.05) is 17.5 Å². The highest BCUT2D eigenvalue weighted by Crippen LogP contribution is 2.31. The molecule has 2 fully saturated rings. The number of amides is 1. The van der Waals surface area contributed by atoms with Crippen LogP contribution in [0.5, 0.6) is 0 Å². The normalized spacial score (nSPS) is 18.6. The van der Waals surface area contributed by atoms with Crippen molar-refractivity contribution in [3.05, 3.63) is 56.8 Å². The van der Waals surface area contributed by atoms with E-state index < -0.39 is 5.79 Å². The Balaban J connectivity index is 1.47. The molecule has 1 amide bonds. The fourth-order valence-electron chi connectivity index (χ4n) is 3.87. The molecule has 7 nitrogen and oxygen atoms in total. The van der Waals surface area contributed by atoms with Gasteiger partial charge in [0.15, 0.2) is 10.7 Å². The number of benzene rings is 1. The Kier molecular flexibility index (Phi) is 4.66. The third kappa shape index (κ3) is 3.26. The standard InChI is InChI=1S/C20H18ClN3O4S/c21-14-3-1-13(2-4-14)16-12-29-19-22-11-15(18(26)24(16)19)17(25)23-7-5-20(6-8-23)27-9-10-28-20/h1-4,11-12H,5-10H2. The molecular formula is C20H18ClN3O4S. The maximum Gasteiger partial charge on any atom is 0.271 e. The number of fused-ring (bicyclic) bond motifs is 1. The van der Waals surface area contributed by atoms with Crippen molar-refractivity contribution in [3.63, 3.8) is 0 Å². The van der Waals surface area contributed by atoms with Gasteiger partial charge in [-0.05, 0) is 17.7 Å². The van der Waals surface area contributed by atoms with Crippen molar-refractivity contribution in [1.82, 2.24) is 14.3 Å². The van der Waals surface area contributed by atoms with E-state index in [-0.39, 0.29) is 17.0 Å². The lowest BCUT2D eigenvalue weighted by Gasteiger charge is -2.37. The first-order valence-electron chi connectivity index (χ1n) is 9.39. The van der Waals surface area contributed by atoms with Gasteiger partial charge in [0.25, 0.3) is 11.5 Å². The Morgan fingerprint density at radius 2 is 1.83 bits per heavy atom. The molecule has 2 aliphatic rings. The lowest BCUT2D eigenvalue weighted by atomic mass is 10.0. The topological polar surface area (TPSA) is 73.1 Å². The zero-order valence-electron chi connectivity index (χ0n) is 15.5. The number of rotatable bonds is 2. The molecule has 2 aromatic heterocycles. The summed E-state index contributed by atoms with van der Waals surface area (Å²) in [6.45, 7) is 2.13. The summed E-state index contributed by atoms with van der Waals surface area (Å²) < 4.78 is 12.9. The van der Waals surface area contributed by atoms with E-state index >= 15 is 0 Å². The first-order chi connectivity index (χ1) is 14.1. The summed E-state index contributed by atoms with van der Waals surface area (Å²) in [6.07, 6.45) is 2.59. The van der Waals surface area contributed by atoms with Crippen LogP contribution in [0.3, 0.4) is 0 Å². The maximum atomic E-state index is 13.2. The van der Waals surface area contributed by atoms with Crippen molar-refractivity contribution in [2.24, 2.45) is 0 Å². The number of halogens is 1.